The van der Waals surface area contributed by atoms with Gasteiger partial charge in [-0.25, -0.2) is 0 Å². The predicted molar refractivity (Wildman–Crippen MR) is 174 cm³/mol. The lowest BCUT2D eigenvalue weighted by molar-refractivity contribution is 0.0953. The van der Waals surface area contributed by atoms with Crippen LogP contribution in [0.15, 0.2) is 48.5 Å². The Kier molecular flexibility index (Phi) is 11.0. The second-order valence-corrected chi connectivity index (χ2v) is 15.3. The molecule has 0 aromatic heterocycles. The molecular weight excluding hydrogens is 533 g/mol. The lowest BCUT2D eigenvalue weighted by atomic mass is 9.63. The third-order valence-corrected chi connectivity index (χ3v) is 11.4. The number of unbranched alkanes of at least 4 members (excludes halogenated alkanes) is 2. The van der Waals surface area contributed by atoms with Gasteiger partial charge in [-0.05, 0) is 90.4 Å². The van der Waals surface area contributed by atoms with Gasteiger partial charge in [-0.1, -0.05) is 92.5 Å². The molecule has 2 aliphatic rings. The highest BCUT2D eigenvalue weighted by Crippen LogP contribution is 2.46. The van der Waals surface area contributed by atoms with Gasteiger partial charge in [0, 0.05) is 35.2 Å². The van der Waals surface area contributed by atoms with Crippen LogP contribution in [0, 0.1) is 0 Å². The van der Waals surface area contributed by atoms with Gasteiger partial charge in [0.05, 0.1) is 0 Å². The Morgan fingerprint density at radius 2 is 1.60 bits per heavy atom. The second-order valence-electron chi connectivity index (χ2n) is 12.5. The fourth-order valence-corrected chi connectivity index (χ4v) is 8.64. The summed E-state index contributed by atoms with van der Waals surface area (Å²) in [6.45, 7) is 11.5. The molecule has 2 aromatic carbocycles. The molecule has 40 heavy (non-hydrogen) atoms. The molecule has 6 heteroatoms. The number of hydrogen-bond donors (Lipinski definition) is 2. The number of rotatable bonds is 13. The Morgan fingerprint density at radius 1 is 0.875 bits per heavy atom. The third-order valence-electron chi connectivity index (χ3n) is 8.43. The van der Waals surface area contributed by atoms with Crippen LogP contribution in [0.25, 0.3) is 6.08 Å². The van der Waals surface area contributed by atoms with E-state index in [2.05, 4.69) is 61.3 Å². The first kappa shape index (κ1) is 30.9. The van der Waals surface area contributed by atoms with Crippen LogP contribution < -0.4 is 10.6 Å². The molecule has 1 aliphatic heterocycles. The fraction of sp³-hybridized carbons (Fsp3) is 0.529. The van der Waals surface area contributed by atoms with Crippen LogP contribution in [0.5, 0.6) is 0 Å². The summed E-state index contributed by atoms with van der Waals surface area (Å²) in [7, 11) is 4.09. The molecule has 0 spiro atoms. The topological polar surface area (TPSA) is 58.2 Å². The standard InChI is InChI=1S/C34H46N2O2S2/c1-33(2)18-19-34(3,4)30-24-27(14-15-29(30)33)31(37)16-11-25-9-12-26(13-10-25)32(38)36-22-21-35-20-7-5-6-8-28-17-23-39-40-28/h9-16,24,28,35H,5-8,17-23H2,1-4H3,(H,36,38)/b16-11+. The van der Waals surface area contributed by atoms with Crippen molar-refractivity contribution in [1.29, 1.82) is 0 Å². The van der Waals surface area contributed by atoms with Crippen LogP contribution in [-0.2, 0) is 10.8 Å². The van der Waals surface area contributed by atoms with Crippen molar-refractivity contribution in [2.75, 3.05) is 25.4 Å². The zero-order chi connectivity index (χ0) is 28.6. The summed E-state index contributed by atoms with van der Waals surface area (Å²) in [5.41, 5.74) is 5.12. The zero-order valence-electron chi connectivity index (χ0n) is 24.7. The van der Waals surface area contributed by atoms with E-state index >= 15 is 0 Å². The van der Waals surface area contributed by atoms with Crippen molar-refractivity contribution >= 4 is 39.4 Å². The molecule has 4 rings (SSSR count). The molecule has 1 aliphatic carbocycles. The highest BCUT2D eigenvalue weighted by Gasteiger charge is 2.37. The number of hydrogen-bond acceptors (Lipinski definition) is 5. The van der Waals surface area contributed by atoms with Gasteiger partial charge in [-0.15, -0.1) is 0 Å². The fourth-order valence-electron chi connectivity index (χ4n) is 5.61. The van der Waals surface area contributed by atoms with Crippen molar-refractivity contribution in [2.24, 2.45) is 0 Å². The molecule has 2 N–H and O–H groups in total. The molecule has 1 fully saturated rings. The van der Waals surface area contributed by atoms with Gasteiger partial charge in [0.1, 0.15) is 0 Å². The summed E-state index contributed by atoms with van der Waals surface area (Å²) < 4.78 is 0. The maximum absolute atomic E-state index is 13.0. The first-order valence-corrected chi connectivity index (χ1v) is 17.3. The van der Waals surface area contributed by atoms with E-state index < -0.39 is 0 Å². The molecule has 1 unspecified atom stereocenters. The van der Waals surface area contributed by atoms with E-state index in [1.165, 1.54) is 49.0 Å². The van der Waals surface area contributed by atoms with Crippen molar-refractivity contribution in [3.8, 4) is 0 Å². The minimum absolute atomic E-state index is 0.00298. The van der Waals surface area contributed by atoms with Crippen LogP contribution in [0.1, 0.15) is 110 Å². The summed E-state index contributed by atoms with van der Waals surface area (Å²) in [5.74, 6) is 1.25. The summed E-state index contributed by atoms with van der Waals surface area (Å²) >= 11 is 0. The summed E-state index contributed by atoms with van der Waals surface area (Å²) in [5, 5.41) is 7.29. The smallest absolute Gasteiger partial charge is 0.251 e. The molecule has 216 valence electrons. The van der Waals surface area contributed by atoms with E-state index in [-0.39, 0.29) is 22.5 Å². The molecule has 1 saturated heterocycles. The Hall–Kier alpha value is -2.02. The molecule has 0 bridgehead atoms. The maximum Gasteiger partial charge on any atom is 0.251 e. The number of benzene rings is 2. The molecule has 1 heterocycles. The second kappa shape index (κ2) is 14.2. The molecule has 4 nitrogen and oxygen atoms in total. The molecule has 2 aromatic rings. The monoisotopic (exact) mass is 578 g/mol. The Morgan fingerprint density at radius 3 is 2.33 bits per heavy atom. The van der Waals surface area contributed by atoms with Crippen LogP contribution in [0.2, 0.25) is 0 Å². The highest BCUT2D eigenvalue weighted by molar-refractivity contribution is 8.77. The molecule has 1 amide bonds. The van der Waals surface area contributed by atoms with Gasteiger partial charge < -0.3 is 10.6 Å². The molecular formula is C34H46N2O2S2. The van der Waals surface area contributed by atoms with Crippen molar-refractivity contribution in [3.63, 3.8) is 0 Å². The first-order valence-electron chi connectivity index (χ1n) is 14.9. The summed E-state index contributed by atoms with van der Waals surface area (Å²) in [6.07, 6.45) is 12.3. The largest absolute Gasteiger partial charge is 0.351 e. The highest BCUT2D eigenvalue weighted by atomic mass is 33.1. The number of fused-ring (bicyclic) bond motifs is 1. The van der Waals surface area contributed by atoms with E-state index in [1.807, 2.05) is 47.2 Å². The van der Waals surface area contributed by atoms with Crippen LogP contribution in [0.3, 0.4) is 0 Å². The van der Waals surface area contributed by atoms with Crippen molar-refractivity contribution < 1.29 is 9.59 Å². The van der Waals surface area contributed by atoms with Crippen LogP contribution in [0.4, 0.5) is 0 Å². The minimum Gasteiger partial charge on any atom is -0.351 e. The molecule has 0 radical (unpaired) electrons. The molecule has 1 atom stereocenters. The van der Waals surface area contributed by atoms with Crippen molar-refractivity contribution in [1.82, 2.24) is 10.6 Å². The van der Waals surface area contributed by atoms with E-state index in [0.29, 0.717) is 12.1 Å². The normalized spacial score (nSPS) is 19.4. The van der Waals surface area contributed by atoms with Gasteiger partial charge in [-0.2, -0.15) is 0 Å². The summed E-state index contributed by atoms with van der Waals surface area (Å²) in [4.78, 5) is 25.5. The third kappa shape index (κ3) is 8.50. The van der Waals surface area contributed by atoms with E-state index in [9.17, 15) is 9.59 Å². The first-order chi connectivity index (χ1) is 19.2. The Bertz CT molecular complexity index is 1180. The van der Waals surface area contributed by atoms with Crippen LogP contribution >= 0.6 is 21.6 Å². The number of carbonyl (C=O) groups is 2. The van der Waals surface area contributed by atoms with Crippen LogP contribution in [-0.4, -0.2) is 42.3 Å². The average Bonchev–Trinajstić information content (AvgIpc) is 3.47. The number of ketones is 1. The quantitative estimate of drug-likeness (QED) is 0.109. The van der Waals surface area contributed by atoms with E-state index in [4.69, 9.17) is 0 Å². The zero-order valence-corrected chi connectivity index (χ0v) is 26.3. The van der Waals surface area contributed by atoms with Gasteiger partial charge in [-0.3, -0.25) is 9.59 Å². The number of amides is 1. The SMILES string of the molecule is CC1(C)CCC(C)(C)c2cc(C(=O)/C=C/c3ccc(C(=O)NCCNCCCCCC4CCSS4)cc3)ccc21. The molecule has 0 saturated carbocycles. The Labute approximate surface area is 249 Å². The van der Waals surface area contributed by atoms with E-state index in [0.717, 1.165) is 42.3 Å². The van der Waals surface area contributed by atoms with Gasteiger partial charge in [0.25, 0.3) is 5.91 Å². The van der Waals surface area contributed by atoms with Gasteiger partial charge in [0.2, 0.25) is 0 Å². The minimum atomic E-state index is -0.0695. The number of nitrogens with one attached hydrogen (secondary N) is 2. The predicted octanol–water partition coefficient (Wildman–Crippen LogP) is 7.97. The Balaban J connectivity index is 1.18. The van der Waals surface area contributed by atoms with Gasteiger partial charge >= 0.3 is 0 Å². The lowest BCUT2D eigenvalue weighted by Gasteiger charge is -2.42. The lowest BCUT2D eigenvalue weighted by Crippen LogP contribution is -2.34. The maximum atomic E-state index is 13.0. The van der Waals surface area contributed by atoms with E-state index in [1.54, 1.807) is 6.08 Å². The summed E-state index contributed by atoms with van der Waals surface area (Å²) in [6, 6.07) is 13.6. The number of allylic oxidation sites excluding steroid dienone is 1. The number of carbonyl (C=O) groups excluding carboxylic acids is 2. The van der Waals surface area contributed by atoms with Crippen molar-refractivity contribution in [3.05, 3.63) is 76.4 Å². The van der Waals surface area contributed by atoms with Gasteiger partial charge in [0.15, 0.2) is 5.78 Å². The average molecular weight is 579 g/mol. The van der Waals surface area contributed by atoms with Crippen molar-refractivity contribution in [2.45, 2.75) is 88.7 Å².